The summed E-state index contributed by atoms with van der Waals surface area (Å²) in [6.07, 6.45) is 3.59. The van der Waals surface area contributed by atoms with Crippen LogP contribution in [-0.4, -0.2) is 23.4 Å². The van der Waals surface area contributed by atoms with E-state index in [2.05, 4.69) is 21.2 Å². The molecule has 1 aromatic rings. The SMILES string of the molecule is CCCCN1C(=O)NC(=O)C1=Cc1ccc(Br)cc1. The van der Waals surface area contributed by atoms with Crippen molar-refractivity contribution < 1.29 is 9.59 Å². The van der Waals surface area contributed by atoms with Crippen molar-refractivity contribution in [1.82, 2.24) is 10.2 Å². The largest absolute Gasteiger partial charge is 0.329 e. The van der Waals surface area contributed by atoms with Crippen molar-refractivity contribution in [3.63, 3.8) is 0 Å². The monoisotopic (exact) mass is 322 g/mol. The topological polar surface area (TPSA) is 49.4 Å². The van der Waals surface area contributed by atoms with E-state index >= 15 is 0 Å². The van der Waals surface area contributed by atoms with Crippen molar-refractivity contribution in [3.05, 3.63) is 40.0 Å². The fraction of sp³-hybridized carbons (Fsp3) is 0.286. The number of hydrogen-bond acceptors (Lipinski definition) is 2. The van der Waals surface area contributed by atoms with Gasteiger partial charge in [0.25, 0.3) is 5.91 Å². The Morgan fingerprint density at radius 3 is 2.58 bits per heavy atom. The number of rotatable bonds is 4. The Hall–Kier alpha value is -1.62. The molecular formula is C14H15BrN2O2. The van der Waals surface area contributed by atoms with Gasteiger partial charge in [-0.25, -0.2) is 4.79 Å². The van der Waals surface area contributed by atoms with Gasteiger partial charge in [0, 0.05) is 11.0 Å². The summed E-state index contributed by atoms with van der Waals surface area (Å²) in [5.41, 5.74) is 1.31. The number of nitrogens with zero attached hydrogens (tertiary/aromatic N) is 1. The number of hydrogen-bond donors (Lipinski definition) is 1. The van der Waals surface area contributed by atoms with Crippen LogP contribution >= 0.6 is 15.9 Å². The van der Waals surface area contributed by atoms with Crippen LogP contribution in [0.15, 0.2) is 34.4 Å². The Morgan fingerprint density at radius 1 is 1.26 bits per heavy atom. The second-order valence-electron chi connectivity index (χ2n) is 4.35. The first-order valence-electron chi connectivity index (χ1n) is 6.22. The van der Waals surface area contributed by atoms with E-state index in [1.165, 1.54) is 4.90 Å². The molecule has 0 aromatic heterocycles. The van der Waals surface area contributed by atoms with Crippen molar-refractivity contribution in [3.8, 4) is 0 Å². The van der Waals surface area contributed by atoms with E-state index < -0.39 is 0 Å². The Kier molecular flexibility index (Phi) is 4.37. The fourth-order valence-electron chi connectivity index (χ4n) is 1.86. The number of imide groups is 1. The summed E-state index contributed by atoms with van der Waals surface area (Å²) in [7, 11) is 0. The third-order valence-electron chi connectivity index (χ3n) is 2.90. The summed E-state index contributed by atoms with van der Waals surface area (Å²) < 4.78 is 0.976. The minimum Gasteiger partial charge on any atom is -0.289 e. The highest BCUT2D eigenvalue weighted by molar-refractivity contribution is 9.10. The minimum atomic E-state index is -0.332. The lowest BCUT2D eigenvalue weighted by Gasteiger charge is -2.14. The molecule has 1 heterocycles. The van der Waals surface area contributed by atoms with Crippen LogP contribution in [0.4, 0.5) is 4.79 Å². The predicted molar refractivity (Wildman–Crippen MR) is 77.3 cm³/mol. The van der Waals surface area contributed by atoms with Gasteiger partial charge in [-0.3, -0.25) is 15.0 Å². The molecule has 5 heteroatoms. The lowest BCUT2D eigenvalue weighted by atomic mass is 10.2. The summed E-state index contributed by atoms with van der Waals surface area (Å²) in [6.45, 7) is 2.62. The number of unbranched alkanes of at least 4 members (excludes halogenated alkanes) is 1. The number of amides is 3. The molecule has 100 valence electrons. The van der Waals surface area contributed by atoms with Crippen LogP contribution in [0.5, 0.6) is 0 Å². The summed E-state index contributed by atoms with van der Waals surface area (Å²) in [5, 5.41) is 2.33. The molecule has 1 fully saturated rings. The van der Waals surface area contributed by atoms with Gasteiger partial charge in [0.1, 0.15) is 5.70 Å². The van der Waals surface area contributed by atoms with Crippen LogP contribution in [0.25, 0.3) is 6.08 Å². The Balaban J connectivity index is 2.26. The Labute approximate surface area is 120 Å². The van der Waals surface area contributed by atoms with Crippen LogP contribution in [0.3, 0.4) is 0 Å². The van der Waals surface area contributed by atoms with Gasteiger partial charge >= 0.3 is 6.03 Å². The zero-order valence-corrected chi connectivity index (χ0v) is 12.2. The van der Waals surface area contributed by atoms with Gasteiger partial charge in [-0.05, 0) is 30.2 Å². The molecule has 0 aliphatic carbocycles. The van der Waals surface area contributed by atoms with Gasteiger partial charge in [0.05, 0.1) is 0 Å². The third kappa shape index (κ3) is 3.23. The fourth-order valence-corrected chi connectivity index (χ4v) is 2.12. The van der Waals surface area contributed by atoms with Crippen molar-refractivity contribution in [2.75, 3.05) is 6.54 Å². The summed E-state index contributed by atoms with van der Waals surface area (Å²) in [4.78, 5) is 25.0. The lowest BCUT2D eigenvalue weighted by Crippen LogP contribution is -2.28. The standard InChI is InChI=1S/C14H15BrN2O2/c1-2-3-8-17-12(13(18)16-14(17)19)9-10-4-6-11(15)7-5-10/h4-7,9H,2-3,8H2,1H3,(H,16,18,19). The van der Waals surface area contributed by atoms with E-state index in [-0.39, 0.29) is 11.9 Å². The smallest absolute Gasteiger partial charge is 0.289 e. The van der Waals surface area contributed by atoms with E-state index in [9.17, 15) is 9.59 Å². The average Bonchev–Trinajstić information content (AvgIpc) is 2.65. The zero-order chi connectivity index (χ0) is 13.8. The molecular weight excluding hydrogens is 308 g/mol. The Morgan fingerprint density at radius 2 is 1.95 bits per heavy atom. The molecule has 2 rings (SSSR count). The first kappa shape index (κ1) is 13.8. The van der Waals surface area contributed by atoms with Gasteiger partial charge < -0.3 is 0 Å². The molecule has 1 N–H and O–H groups in total. The van der Waals surface area contributed by atoms with Crippen LogP contribution in [0.2, 0.25) is 0 Å². The van der Waals surface area contributed by atoms with Crippen LogP contribution in [0.1, 0.15) is 25.3 Å². The van der Waals surface area contributed by atoms with Crippen molar-refractivity contribution in [2.45, 2.75) is 19.8 Å². The summed E-state index contributed by atoms with van der Waals surface area (Å²) >= 11 is 3.36. The highest BCUT2D eigenvalue weighted by atomic mass is 79.9. The molecule has 19 heavy (non-hydrogen) atoms. The first-order chi connectivity index (χ1) is 9.11. The number of benzene rings is 1. The highest BCUT2D eigenvalue weighted by Gasteiger charge is 2.32. The molecule has 0 atom stereocenters. The lowest BCUT2D eigenvalue weighted by molar-refractivity contribution is -0.116. The normalized spacial score (nSPS) is 17.2. The quantitative estimate of drug-likeness (QED) is 0.683. The molecule has 3 amide bonds. The van der Waals surface area contributed by atoms with Crippen molar-refractivity contribution in [1.29, 1.82) is 0 Å². The van der Waals surface area contributed by atoms with Crippen molar-refractivity contribution in [2.24, 2.45) is 0 Å². The number of carbonyl (C=O) groups excluding carboxylic acids is 2. The average molecular weight is 323 g/mol. The van der Waals surface area contributed by atoms with Gasteiger partial charge in [-0.2, -0.15) is 0 Å². The number of urea groups is 1. The Bertz CT molecular complexity index is 523. The molecule has 1 saturated heterocycles. The van der Waals surface area contributed by atoms with E-state index in [0.717, 1.165) is 22.9 Å². The molecule has 1 aromatic carbocycles. The third-order valence-corrected chi connectivity index (χ3v) is 3.43. The van der Waals surface area contributed by atoms with Gasteiger partial charge in [0.2, 0.25) is 0 Å². The van der Waals surface area contributed by atoms with Crippen LogP contribution in [-0.2, 0) is 4.79 Å². The van der Waals surface area contributed by atoms with Crippen LogP contribution in [0, 0.1) is 0 Å². The molecule has 1 aliphatic heterocycles. The van der Waals surface area contributed by atoms with Crippen LogP contribution < -0.4 is 5.32 Å². The minimum absolute atomic E-state index is 0.330. The van der Waals surface area contributed by atoms with E-state index in [4.69, 9.17) is 0 Å². The maximum atomic E-state index is 11.8. The van der Waals surface area contributed by atoms with E-state index in [0.29, 0.717) is 12.2 Å². The predicted octanol–water partition coefficient (Wildman–Crippen LogP) is 3.14. The second-order valence-corrected chi connectivity index (χ2v) is 5.26. The molecule has 4 nitrogen and oxygen atoms in total. The first-order valence-corrected chi connectivity index (χ1v) is 7.01. The maximum Gasteiger partial charge on any atom is 0.329 e. The van der Waals surface area contributed by atoms with Gasteiger partial charge in [-0.15, -0.1) is 0 Å². The van der Waals surface area contributed by atoms with Gasteiger partial charge in [0.15, 0.2) is 0 Å². The molecule has 0 unspecified atom stereocenters. The second kappa shape index (κ2) is 6.02. The summed E-state index contributed by atoms with van der Waals surface area (Å²) in [5.74, 6) is -0.330. The molecule has 0 spiro atoms. The molecule has 0 bridgehead atoms. The van der Waals surface area contributed by atoms with Crippen molar-refractivity contribution >= 4 is 33.9 Å². The van der Waals surface area contributed by atoms with E-state index in [1.807, 2.05) is 31.2 Å². The van der Waals surface area contributed by atoms with E-state index in [1.54, 1.807) is 6.08 Å². The summed E-state index contributed by atoms with van der Waals surface area (Å²) in [6, 6.07) is 7.26. The molecule has 1 aliphatic rings. The maximum absolute atomic E-state index is 11.8. The molecule has 0 saturated carbocycles. The van der Waals surface area contributed by atoms with Gasteiger partial charge in [-0.1, -0.05) is 41.4 Å². The number of carbonyl (C=O) groups is 2. The molecule has 0 radical (unpaired) electrons. The zero-order valence-electron chi connectivity index (χ0n) is 10.6. The number of nitrogens with one attached hydrogen (secondary N) is 1. The number of halogens is 1. The highest BCUT2D eigenvalue weighted by Crippen LogP contribution is 2.19.